The van der Waals surface area contributed by atoms with E-state index in [1.54, 1.807) is 0 Å². The summed E-state index contributed by atoms with van der Waals surface area (Å²) in [6.07, 6.45) is 1.15. The fourth-order valence-corrected chi connectivity index (χ4v) is 3.59. The molecule has 148 valence electrons. The molecule has 1 atom stereocenters. The van der Waals surface area contributed by atoms with Gasteiger partial charge in [-0.15, -0.1) is 0 Å². The molecule has 3 aromatic carbocycles. The molecule has 0 saturated heterocycles. The Kier molecular flexibility index (Phi) is 5.86. The van der Waals surface area contributed by atoms with E-state index in [0.29, 0.717) is 17.5 Å². The third kappa shape index (κ3) is 4.46. The molecule has 0 aliphatic carbocycles. The first-order chi connectivity index (χ1) is 14.1. The first-order valence-corrected chi connectivity index (χ1v) is 10.4. The zero-order valence-electron chi connectivity index (χ0n) is 16.8. The van der Waals surface area contributed by atoms with Crippen LogP contribution in [0.25, 0.3) is 11.0 Å². The lowest BCUT2D eigenvalue weighted by Gasteiger charge is -2.13. The van der Waals surface area contributed by atoms with Crippen molar-refractivity contribution < 1.29 is 4.74 Å². The van der Waals surface area contributed by atoms with Crippen LogP contribution in [0.5, 0.6) is 5.75 Å². The van der Waals surface area contributed by atoms with Crippen molar-refractivity contribution >= 4 is 22.6 Å². The Balaban J connectivity index is 1.60. The minimum Gasteiger partial charge on any atom is -0.486 e. The number of halogens is 1. The summed E-state index contributed by atoms with van der Waals surface area (Å²) in [6.45, 7) is 5.66. The fraction of sp³-hybridized carbons (Fsp3) is 0.240. The number of para-hydroxylation sites is 2. The van der Waals surface area contributed by atoms with E-state index >= 15 is 0 Å². The van der Waals surface area contributed by atoms with Gasteiger partial charge in [-0.25, -0.2) is 4.98 Å². The normalized spacial score (nSPS) is 12.2. The smallest absolute Gasteiger partial charge is 0.148 e. The lowest BCUT2D eigenvalue weighted by atomic mass is 9.98. The third-order valence-corrected chi connectivity index (χ3v) is 5.67. The highest BCUT2D eigenvalue weighted by atomic mass is 35.5. The molecule has 29 heavy (non-hydrogen) atoms. The van der Waals surface area contributed by atoms with Crippen LogP contribution in [0.3, 0.4) is 0 Å². The molecule has 0 fully saturated rings. The second kappa shape index (κ2) is 8.71. The van der Waals surface area contributed by atoms with E-state index in [1.165, 1.54) is 11.1 Å². The van der Waals surface area contributed by atoms with E-state index in [9.17, 15) is 0 Å². The molecule has 0 saturated carbocycles. The molecule has 0 spiro atoms. The number of imidazole rings is 1. The Morgan fingerprint density at radius 1 is 0.966 bits per heavy atom. The predicted octanol–water partition coefficient (Wildman–Crippen LogP) is 6.83. The Morgan fingerprint density at radius 3 is 2.41 bits per heavy atom. The van der Waals surface area contributed by atoms with E-state index in [4.69, 9.17) is 21.3 Å². The number of aromatic nitrogens is 2. The molecule has 0 bridgehead atoms. The van der Waals surface area contributed by atoms with Gasteiger partial charge < -0.3 is 9.30 Å². The summed E-state index contributed by atoms with van der Waals surface area (Å²) in [5, 5.41) is 0.699. The van der Waals surface area contributed by atoms with Crippen LogP contribution < -0.4 is 4.74 Å². The standard InChI is InChI=1S/C25H25ClN2O/c1-3-18(2)20-10-8-19(9-11-20)16-28-24-7-5-4-6-23(24)27-25(28)17-29-22-14-12-21(26)13-15-22/h4-15,18H,3,16-17H2,1-2H3. The topological polar surface area (TPSA) is 27.1 Å². The van der Waals surface area contributed by atoms with Crippen molar-refractivity contribution in [1.82, 2.24) is 9.55 Å². The molecule has 0 radical (unpaired) electrons. The van der Waals surface area contributed by atoms with E-state index < -0.39 is 0 Å². The monoisotopic (exact) mass is 404 g/mol. The van der Waals surface area contributed by atoms with Crippen molar-refractivity contribution in [2.24, 2.45) is 0 Å². The molecular weight excluding hydrogens is 380 g/mol. The van der Waals surface area contributed by atoms with Gasteiger partial charge in [0.25, 0.3) is 0 Å². The quantitative estimate of drug-likeness (QED) is 0.337. The van der Waals surface area contributed by atoms with Gasteiger partial charge in [-0.1, -0.05) is 61.8 Å². The minimum atomic E-state index is 0.404. The van der Waals surface area contributed by atoms with Crippen LogP contribution in [-0.2, 0) is 13.2 Å². The van der Waals surface area contributed by atoms with Gasteiger partial charge in [-0.05, 0) is 59.9 Å². The molecule has 0 amide bonds. The molecule has 4 aromatic rings. The number of benzene rings is 3. The van der Waals surface area contributed by atoms with Gasteiger partial charge in [0.1, 0.15) is 18.2 Å². The maximum Gasteiger partial charge on any atom is 0.148 e. The van der Waals surface area contributed by atoms with Crippen LogP contribution >= 0.6 is 11.6 Å². The molecule has 1 unspecified atom stereocenters. The summed E-state index contributed by atoms with van der Waals surface area (Å²) in [6, 6.07) is 24.6. The lowest BCUT2D eigenvalue weighted by molar-refractivity contribution is 0.291. The van der Waals surface area contributed by atoms with Crippen LogP contribution in [0.1, 0.15) is 43.1 Å². The third-order valence-electron chi connectivity index (χ3n) is 5.42. The Morgan fingerprint density at radius 2 is 1.69 bits per heavy atom. The number of fused-ring (bicyclic) bond motifs is 1. The van der Waals surface area contributed by atoms with Gasteiger partial charge in [0.05, 0.1) is 11.0 Å². The minimum absolute atomic E-state index is 0.404. The van der Waals surface area contributed by atoms with Crippen LogP contribution in [-0.4, -0.2) is 9.55 Å². The molecule has 4 rings (SSSR count). The zero-order valence-corrected chi connectivity index (χ0v) is 17.6. The summed E-state index contributed by atoms with van der Waals surface area (Å²) < 4.78 is 8.22. The molecule has 1 heterocycles. The van der Waals surface area contributed by atoms with Crippen LogP contribution in [0.4, 0.5) is 0 Å². The highest BCUT2D eigenvalue weighted by Gasteiger charge is 2.12. The first kappa shape index (κ1) is 19.5. The summed E-state index contributed by atoms with van der Waals surface area (Å²) in [4.78, 5) is 4.81. The molecular formula is C25H25ClN2O. The van der Waals surface area contributed by atoms with Crippen LogP contribution in [0.2, 0.25) is 5.02 Å². The van der Waals surface area contributed by atoms with Crippen LogP contribution in [0, 0.1) is 0 Å². The van der Waals surface area contributed by atoms with Crippen molar-refractivity contribution in [2.75, 3.05) is 0 Å². The summed E-state index contributed by atoms with van der Waals surface area (Å²) in [5.74, 6) is 2.28. The van der Waals surface area contributed by atoms with E-state index in [0.717, 1.165) is 35.6 Å². The van der Waals surface area contributed by atoms with Crippen molar-refractivity contribution in [2.45, 2.75) is 39.3 Å². The predicted molar refractivity (Wildman–Crippen MR) is 120 cm³/mol. The number of nitrogens with zero attached hydrogens (tertiary/aromatic N) is 2. The van der Waals surface area contributed by atoms with E-state index in [2.05, 4.69) is 54.8 Å². The molecule has 0 N–H and O–H groups in total. The highest BCUT2D eigenvalue weighted by molar-refractivity contribution is 6.30. The van der Waals surface area contributed by atoms with Gasteiger partial charge in [0.2, 0.25) is 0 Å². The summed E-state index contributed by atoms with van der Waals surface area (Å²) in [7, 11) is 0. The number of hydrogen-bond donors (Lipinski definition) is 0. The number of rotatable bonds is 7. The fourth-order valence-electron chi connectivity index (χ4n) is 3.46. The Bertz CT molecular complexity index is 1080. The second-order valence-corrected chi connectivity index (χ2v) is 7.83. The van der Waals surface area contributed by atoms with E-state index in [1.807, 2.05) is 36.4 Å². The van der Waals surface area contributed by atoms with Crippen LogP contribution in [0.15, 0.2) is 72.8 Å². The molecule has 1 aromatic heterocycles. The molecule has 4 heteroatoms. The maximum atomic E-state index is 5.98. The maximum absolute atomic E-state index is 5.98. The van der Waals surface area contributed by atoms with Gasteiger partial charge in [0.15, 0.2) is 0 Å². The first-order valence-electron chi connectivity index (χ1n) is 10.1. The Labute approximate surface area is 176 Å². The second-order valence-electron chi connectivity index (χ2n) is 7.40. The van der Waals surface area contributed by atoms with Gasteiger partial charge in [-0.2, -0.15) is 0 Å². The average Bonchev–Trinajstić information content (AvgIpc) is 3.11. The van der Waals surface area contributed by atoms with Crippen molar-refractivity contribution in [1.29, 1.82) is 0 Å². The summed E-state index contributed by atoms with van der Waals surface area (Å²) in [5.41, 5.74) is 4.75. The Hall–Kier alpha value is -2.78. The SMILES string of the molecule is CCC(C)c1ccc(Cn2c(COc3ccc(Cl)cc3)nc3ccccc32)cc1. The van der Waals surface area contributed by atoms with Crippen molar-refractivity contribution in [3.05, 3.63) is 94.8 Å². The largest absolute Gasteiger partial charge is 0.486 e. The molecule has 0 aliphatic rings. The number of ether oxygens (including phenoxy) is 1. The lowest BCUT2D eigenvalue weighted by Crippen LogP contribution is -2.08. The number of hydrogen-bond acceptors (Lipinski definition) is 2. The summed E-state index contributed by atoms with van der Waals surface area (Å²) >= 11 is 5.97. The van der Waals surface area contributed by atoms with Crippen molar-refractivity contribution in [3.63, 3.8) is 0 Å². The van der Waals surface area contributed by atoms with Gasteiger partial charge >= 0.3 is 0 Å². The van der Waals surface area contributed by atoms with Gasteiger partial charge in [-0.3, -0.25) is 0 Å². The molecule has 3 nitrogen and oxygen atoms in total. The molecule has 0 aliphatic heterocycles. The highest BCUT2D eigenvalue weighted by Crippen LogP contribution is 2.23. The zero-order chi connectivity index (χ0) is 20.2. The van der Waals surface area contributed by atoms with Crippen molar-refractivity contribution in [3.8, 4) is 5.75 Å². The van der Waals surface area contributed by atoms with Gasteiger partial charge in [0, 0.05) is 11.6 Å². The average molecular weight is 405 g/mol. The van der Waals surface area contributed by atoms with E-state index in [-0.39, 0.29) is 0 Å².